The number of hydrogen-bond acceptors (Lipinski definition) is 2. The van der Waals surface area contributed by atoms with Gasteiger partial charge in [0.2, 0.25) is 0 Å². The van der Waals surface area contributed by atoms with Crippen LogP contribution in [0.2, 0.25) is 0 Å². The molecule has 2 heteroatoms. The Balaban J connectivity index is 2.01. The average molecular weight is 189 g/mol. The predicted molar refractivity (Wildman–Crippen MR) is 57.8 cm³/mol. The molecule has 0 amide bonds. The number of hydrogen-bond donors (Lipinski definition) is 0. The minimum Gasteiger partial charge on any atom is -0.371 e. The van der Waals surface area contributed by atoms with Gasteiger partial charge in [0.1, 0.15) is 6.29 Å². The molecule has 0 N–H and O–H groups in total. The molecule has 1 aliphatic heterocycles. The summed E-state index contributed by atoms with van der Waals surface area (Å²) in [7, 11) is 0. The molecule has 1 aliphatic rings. The van der Waals surface area contributed by atoms with Crippen LogP contribution >= 0.6 is 0 Å². The third-order valence-corrected chi connectivity index (χ3v) is 2.93. The lowest BCUT2D eigenvalue weighted by atomic mass is 9.96. The average Bonchev–Trinajstić information content (AvgIpc) is 2.17. The second-order valence-electron chi connectivity index (χ2n) is 3.89. The van der Waals surface area contributed by atoms with Crippen LogP contribution in [-0.4, -0.2) is 19.4 Å². The van der Waals surface area contributed by atoms with Crippen molar-refractivity contribution in [1.82, 2.24) is 0 Å². The molecule has 2 nitrogen and oxygen atoms in total. The lowest BCUT2D eigenvalue weighted by Crippen LogP contribution is -2.46. The Labute approximate surface area is 84.5 Å². The number of carbonyl (C=O) groups is 1. The van der Waals surface area contributed by atoms with Crippen LogP contribution in [0.4, 0.5) is 5.69 Å². The zero-order valence-electron chi connectivity index (χ0n) is 8.44. The molecule has 0 atom stereocenters. The van der Waals surface area contributed by atoms with E-state index in [1.807, 2.05) is 24.3 Å². The quantitative estimate of drug-likeness (QED) is 0.680. The molecule has 1 aromatic carbocycles. The van der Waals surface area contributed by atoms with Crippen molar-refractivity contribution in [3.63, 3.8) is 0 Å². The van der Waals surface area contributed by atoms with Crippen molar-refractivity contribution in [3.05, 3.63) is 29.8 Å². The van der Waals surface area contributed by atoms with Gasteiger partial charge in [0.25, 0.3) is 0 Å². The predicted octanol–water partition coefficient (Wildman–Crippen LogP) is 2.35. The first-order valence-corrected chi connectivity index (χ1v) is 5.13. The van der Waals surface area contributed by atoms with Crippen LogP contribution in [0.1, 0.15) is 23.7 Å². The van der Waals surface area contributed by atoms with Gasteiger partial charge in [-0.1, -0.05) is 6.92 Å². The number of benzene rings is 1. The fourth-order valence-corrected chi connectivity index (χ4v) is 1.80. The third-order valence-electron chi connectivity index (χ3n) is 2.93. The van der Waals surface area contributed by atoms with Gasteiger partial charge < -0.3 is 4.90 Å². The number of aldehydes is 1. The third kappa shape index (κ3) is 1.65. The van der Waals surface area contributed by atoms with E-state index in [1.165, 1.54) is 12.1 Å². The highest BCUT2D eigenvalue weighted by molar-refractivity contribution is 5.75. The van der Waals surface area contributed by atoms with Crippen molar-refractivity contribution in [3.8, 4) is 0 Å². The minimum absolute atomic E-state index is 0.751. The number of anilines is 1. The zero-order valence-corrected chi connectivity index (χ0v) is 8.44. The summed E-state index contributed by atoms with van der Waals surface area (Å²) < 4.78 is 0. The molecular weight excluding hydrogens is 174 g/mol. The van der Waals surface area contributed by atoms with Gasteiger partial charge in [-0.25, -0.2) is 0 Å². The van der Waals surface area contributed by atoms with E-state index in [-0.39, 0.29) is 0 Å². The minimum atomic E-state index is 0.751. The first-order chi connectivity index (χ1) is 6.83. The summed E-state index contributed by atoms with van der Waals surface area (Å²) in [6.07, 6.45) is 2.15. The van der Waals surface area contributed by atoms with Crippen molar-refractivity contribution in [2.24, 2.45) is 5.92 Å². The van der Waals surface area contributed by atoms with Crippen molar-refractivity contribution in [2.45, 2.75) is 13.3 Å². The molecule has 0 saturated carbocycles. The Bertz CT molecular complexity index is 312. The van der Waals surface area contributed by atoms with Gasteiger partial charge in [0, 0.05) is 24.3 Å². The van der Waals surface area contributed by atoms with Gasteiger partial charge in [-0.2, -0.15) is 0 Å². The molecule has 0 bridgehead atoms. The molecule has 2 rings (SSSR count). The standard InChI is InChI=1S/C12H15NO/c1-2-10-7-13(8-10)12-5-3-11(9-14)4-6-12/h3-6,9-10H,2,7-8H2,1H3. The van der Waals surface area contributed by atoms with Crippen LogP contribution in [0.5, 0.6) is 0 Å². The topological polar surface area (TPSA) is 20.3 Å². The van der Waals surface area contributed by atoms with Gasteiger partial charge in [-0.05, 0) is 36.6 Å². The lowest BCUT2D eigenvalue weighted by Gasteiger charge is -2.40. The summed E-state index contributed by atoms with van der Waals surface area (Å²) in [5.74, 6) is 0.862. The van der Waals surface area contributed by atoms with Gasteiger partial charge in [0.05, 0.1) is 0 Å². The number of rotatable bonds is 3. The van der Waals surface area contributed by atoms with E-state index in [9.17, 15) is 4.79 Å². The van der Waals surface area contributed by atoms with E-state index in [1.54, 1.807) is 0 Å². The van der Waals surface area contributed by atoms with Gasteiger partial charge in [-0.3, -0.25) is 4.79 Å². The van der Waals surface area contributed by atoms with E-state index >= 15 is 0 Å². The van der Waals surface area contributed by atoms with Crippen molar-refractivity contribution >= 4 is 12.0 Å². The van der Waals surface area contributed by atoms with E-state index in [0.29, 0.717) is 0 Å². The van der Waals surface area contributed by atoms with E-state index in [2.05, 4.69) is 11.8 Å². The first kappa shape index (κ1) is 9.25. The maximum atomic E-state index is 10.5. The fraction of sp³-hybridized carbons (Fsp3) is 0.417. The molecule has 1 saturated heterocycles. The van der Waals surface area contributed by atoms with Crippen LogP contribution in [0.25, 0.3) is 0 Å². The SMILES string of the molecule is CCC1CN(c2ccc(C=O)cc2)C1. The Hall–Kier alpha value is -1.31. The maximum Gasteiger partial charge on any atom is 0.150 e. The highest BCUT2D eigenvalue weighted by Crippen LogP contribution is 2.26. The number of nitrogens with zero attached hydrogens (tertiary/aromatic N) is 1. The van der Waals surface area contributed by atoms with Crippen LogP contribution in [-0.2, 0) is 0 Å². The molecule has 0 spiro atoms. The summed E-state index contributed by atoms with van der Waals surface area (Å²) in [6.45, 7) is 4.56. The molecule has 0 unspecified atom stereocenters. The Morgan fingerprint density at radius 3 is 2.50 bits per heavy atom. The van der Waals surface area contributed by atoms with Crippen LogP contribution in [0.15, 0.2) is 24.3 Å². The summed E-state index contributed by atoms with van der Waals surface area (Å²) >= 11 is 0. The van der Waals surface area contributed by atoms with E-state index < -0.39 is 0 Å². The zero-order chi connectivity index (χ0) is 9.97. The summed E-state index contributed by atoms with van der Waals surface area (Å²) in [5, 5.41) is 0. The number of carbonyl (C=O) groups excluding carboxylic acids is 1. The first-order valence-electron chi connectivity index (χ1n) is 5.13. The van der Waals surface area contributed by atoms with Crippen LogP contribution < -0.4 is 4.90 Å². The van der Waals surface area contributed by atoms with Crippen molar-refractivity contribution < 1.29 is 4.79 Å². The molecule has 14 heavy (non-hydrogen) atoms. The monoisotopic (exact) mass is 189 g/mol. The second-order valence-corrected chi connectivity index (χ2v) is 3.89. The molecule has 0 aliphatic carbocycles. The van der Waals surface area contributed by atoms with Crippen molar-refractivity contribution in [1.29, 1.82) is 0 Å². The Kier molecular flexibility index (Phi) is 2.53. The smallest absolute Gasteiger partial charge is 0.150 e. The molecule has 0 radical (unpaired) electrons. The van der Waals surface area contributed by atoms with Crippen LogP contribution in [0, 0.1) is 5.92 Å². The molecular formula is C12H15NO. The van der Waals surface area contributed by atoms with Crippen molar-refractivity contribution in [2.75, 3.05) is 18.0 Å². The van der Waals surface area contributed by atoms with E-state index in [4.69, 9.17) is 0 Å². The molecule has 1 aromatic rings. The molecule has 0 aromatic heterocycles. The largest absolute Gasteiger partial charge is 0.371 e. The molecule has 1 fully saturated rings. The summed E-state index contributed by atoms with van der Waals surface area (Å²) in [6, 6.07) is 7.80. The lowest BCUT2D eigenvalue weighted by molar-refractivity contribution is 0.112. The maximum absolute atomic E-state index is 10.5. The normalized spacial score (nSPS) is 16.5. The van der Waals surface area contributed by atoms with E-state index in [0.717, 1.165) is 30.9 Å². The Morgan fingerprint density at radius 1 is 1.36 bits per heavy atom. The summed E-state index contributed by atoms with van der Waals surface area (Å²) in [5.41, 5.74) is 1.99. The summed E-state index contributed by atoms with van der Waals surface area (Å²) in [4.78, 5) is 12.8. The van der Waals surface area contributed by atoms with Gasteiger partial charge in [0.15, 0.2) is 0 Å². The molecule has 74 valence electrons. The Morgan fingerprint density at radius 2 is 2.00 bits per heavy atom. The molecule has 1 heterocycles. The highest BCUT2D eigenvalue weighted by Gasteiger charge is 2.24. The highest BCUT2D eigenvalue weighted by atomic mass is 16.1. The van der Waals surface area contributed by atoms with Crippen LogP contribution in [0.3, 0.4) is 0 Å². The second kappa shape index (κ2) is 3.82. The fourth-order valence-electron chi connectivity index (χ4n) is 1.80. The van der Waals surface area contributed by atoms with Gasteiger partial charge >= 0.3 is 0 Å². The van der Waals surface area contributed by atoms with Gasteiger partial charge in [-0.15, -0.1) is 0 Å².